The Morgan fingerprint density at radius 1 is 0.786 bits per heavy atom. The van der Waals surface area contributed by atoms with Gasteiger partial charge in [-0.1, -0.05) is 123 Å². The minimum absolute atomic E-state index is 0. The first-order valence-corrected chi connectivity index (χ1v) is 20.3. The number of carbonyl (C=O) groups is 1. The molecule has 2 heterocycles. The molecule has 0 fully saturated rings. The van der Waals surface area contributed by atoms with Crippen LogP contribution in [-0.2, 0) is 36.7 Å². The number of hydrogen-bond acceptors (Lipinski definition) is 4. The van der Waals surface area contributed by atoms with Crippen LogP contribution >= 0.6 is 0 Å². The Hall–Kier alpha value is -4.05. The Balaban J connectivity index is 0.000000372. The molecule has 6 rings (SSSR count). The third-order valence-electron chi connectivity index (χ3n) is 10.9. The summed E-state index contributed by atoms with van der Waals surface area (Å²) < 4.78 is 6.76. The van der Waals surface area contributed by atoms with Gasteiger partial charge in [-0.3, -0.25) is 9.78 Å². The van der Waals surface area contributed by atoms with Gasteiger partial charge >= 0.3 is 0 Å². The van der Waals surface area contributed by atoms with Crippen LogP contribution in [0.5, 0.6) is 0 Å². The van der Waals surface area contributed by atoms with Crippen LogP contribution in [-0.4, -0.2) is 15.9 Å². The topological polar surface area (TPSA) is 63.3 Å². The Labute approximate surface area is 349 Å². The standard InChI is InChI=1S/C38H38NO.C13H24O2.Ir/c1-23-17-25(22-37(3,4)5)18-24(2)34(23)33-21-30-35(39-32-16-12-11-15-29(32)36(30)40-33)27-19-26-13-9-10-14-28(26)31(20-27)38(6,7)8;1-5-10(6-2)12(14)9-13(15)11(7-3)8-4;/h9-18,20-21H,22H2,1-8H3;9-11,14H,5-8H2,1-4H3;/q-1;;/b;12-9-;. The van der Waals surface area contributed by atoms with E-state index in [4.69, 9.17) is 9.40 Å². The van der Waals surface area contributed by atoms with Crippen LogP contribution in [0.25, 0.3) is 55.2 Å². The van der Waals surface area contributed by atoms with E-state index >= 15 is 0 Å². The van der Waals surface area contributed by atoms with Crippen LogP contribution in [0, 0.1) is 37.2 Å². The molecule has 0 bridgehead atoms. The van der Waals surface area contributed by atoms with Crippen molar-refractivity contribution < 1.29 is 34.4 Å². The average Bonchev–Trinajstić information content (AvgIpc) is 3.56. The van der Waals surface area contributed by atoms with Crippen LogP contribution in [0.1, 0.15) is 117 Å². The quantitative estimate of drug-likeness (QED) is 0.0845. The molecular formula is C51H62IrNO3-. The summed E-state index contributed by atoms with van der Waals surface area (Å²) in [7, 11) is 0. The smallest absolute Gasteiger partial charge is 0.162 e. The zero-order valence-corrected chi connectivity index (χ0v) is 38.1. The maximum Gasteiger partial charge on any atom is 0.162 e. The van der Waals surface area contributed by atoms with Crippen molar-refractivity contribution in [1.29, 1.82) is 0 Å². The number of pyridine rings is 1. The SMILES string of the molecule is CCC(CC)C(=O)/C=C(\O)C(CC)CC.Cc1cc(CC(C)(C)C)cc(C)c1-c1cc2c(-c3[c-]c4ccccc4c(C(C)(C)C)c3)nc3ccccc3c2o1.[Ir]. The summed E-state index contributed by atoms with van der Waals surface area (Å²) in [5.74, 6) is 1.44. The van der Waals surface area contributed by atoms with Crippen molar-refractivity contribution >= 4 is 38.4 Å². The van der Waals surface area contributed by atoms with Crippen molar-refractivity contribution in [3.05, 3.63) is 113 Å². The van der Waals surface area contributed by atoms with Gasteiger partial charge in [-0.25, -0.2) is 0 Å². The molecule has 2 aromatic heterocycles. The van der Waals surface area contributed by atoms with E-state index in [0.29, 0.717) is 0 Å². The Bertz CT molecular complexity index is 2300. The molecular weight excluding hydrogens is 867 g/mol. The van der Waals surface area contributed by atoms with Gasteiger partial charge in [0.25, 0.3) is 0 Å². The van der Waals surface area contributed by atoms with Gasteiger partial charge in [0.05, 0.1) is 11.3 Å². The van der Waals surface area contributed by atoms with Gasteiger partial charge in [-0.15, -0.1) is 29.1 Å². The number of aryl methyl sites for hydroxylation is 2. The number of fused-ring (bicyclic) bond motifs is 4. The van der Waals surface area contributed by atoms with Crippen molar-refractivity contribution in [2.45, 2.75) is 121 Å². The Morgan fingerprint density at radius 3 is 1.93 bits per heavy atom. The first kappa shape index (κ1) is 44.7. The molecule has 0 spiro atoms. The van der Waals surface area contributed by atoms with E-state index in [-0.39, 0.29) is 54.3 Å². The van der Waals surface area contributed by atoms with Crippen LogP contribution in [0.15, 0.2) is 89.0 Å². The number of allylic oxidation sites excluding steroid dienone is 2. The maximum absolute atomic E-state index is 11.7. The van der Waals surface area contributed by atoms with E-state index in [1.807, 2.05) is 33.8 Å². The third-order valence-corrected chi connectivity index (χ3v) is 10.9. The summed E-state index contributed by atoms with van der Waals surface area (Å²) >= 11 is 0. The zero-order valence-electron chi connectivity index (χ0n) is 35.7. The second kappa shape index (κ2) is 18.5. The molecule has 0 aliphatic heterocycles. The van der Waals surface area contributed by atoms with E-state index in [1.165, 1.54) is 39.3 Å². The fraction of sp³-hybridized carbons (Fsp3) is 0.412. The largest absolute Gasteiger partial charge is 0.512 e. The number of aliphatic hydroxyl groups excluding tert-OH is 1. The van der Waals surface area contributed by atoms with Gasteiger partial charge in [0.15, 0.2) is 5.78 Å². The molecule has 1 N–H and O–H groups in total. The van der Waals surface area contributed by atoms with Gasteiger partial charge in [0.1, 0.15) is 11.3 Å². The number of aromatic nitrogens is 1. The second-order valence-corrected chi connectivity index (χ2v) is 17.6. The second-order valence-electron chi connectivity index (χ2n) is 17.6. The summed E-state index contributed by atoms with van der Waals surface area (Å²) in [5.41, 5.74) is 10.3. The number of carbonyl (C=O) groups excluding carboxylic acids is 1. The summed E-state index contributed by atoms with van der Waals surface area (Å²) in [6.07, 6.45) is 5.95. The first-order valence-electron chi connectivity index (χ1n) is 20.3. The molecule has 299 valence electrons. The zero-order chi connectivity index (χ0) is 40.2. The van der Waals surface area contributed by atoms with Crippen molar-refractivity contribution in [1.82, 2.24) is 4.98 Å². The molecule has 56 heavy (non-hydrogen) atoms. The van der Waals surface area contributed by atoms with Crippen LogP contribution in [0.3, 0.4) is 0 Å². The van der Waals surface area contributed by atoms with Crippen LogP contribution in [0.4, 0.5) is 0 Å². The molecule has 0 unspecified atom stereocenters. The number of aliphatic hydroxyl groups is 1. The summed E-state index contributed by atoms with van der Waals surface area (Å²) in [6.45, 7) is 26.2. The van der Waals surface area contributed by atoms with E-state index in [1.54, 1.807) is 0 Å². The van der Waals surface area contributed by atoms with Gasteiger partial charge in [0, 0.05) is 60.0 Å². The molecule has 6 aromatic rings. The number of hydrogen-bond donors (Lipinski definition) is 1. The minimum Gasteiger partial charge on any atom is -0.512 e. The Kier molecular flexibility index (Phi) is 14.7. The summed E-state index contributed by atoms with van der Waals surface area (Å²) in [6, 6.07) is 29.7. The van der Waals surface area contributed by atoms with E-state index in [2.05, 4.69) is 128 Å². The number of benzene rings is 4. The van der Waals surface area contributed by atoms with Crippen LogP contribution < -0.4 is 0 Å². The Morgan fingerprint density at radius 2 is 1.36 bits per heavy atom. The molecule has 4 aromatic carbocycles. The molecule has 0 amide bonds. The number of furan rings is 1. The average molecular weight is 929 g/mol. The predicted octanol–water partition coefficient (Wildman–Crippen LogP) is 14.6. The predicted molar refractivity (Wildman–Crippen MR) is 234 cm³/mol. The number of nitrogens with zero attached hydrogens (tertiary/aromatic N) is 1. The van der Waals surface area contributed by atoms with Crippen LogP contribution in [0.2, 0.25) is 0 Å². The molecule has 5 heteroatoms. The molecule has 0 saturated heterocycles. The first-order chi connectivity index (χ1) is 26.0. The molecule has 0 aliphatic rings. The van der Waals surface area contributed by atoms with E-state index < -0.39 is 0 Å². The van der Waals surface area contributed by atoms with Gasteiger partial charge < -0.3 is 9.52 Å². The van der Waals surface area contributed by atoms with Gasteiger partial charge in [-0.05, 0) is 91.7 Å². The van der Waals surface area contributed by atoms with Crippen molar-refractivity contribution in [3.8, 4) is 22.6 Å². The minimum atomic E-state index is -0.0238. The number of para-hydroxylation sites is 1. The molecule has 0 aliphatic carbocycles. The molecule has 0 atom stereocenters. The third kappa shape index (κ3) is 10.1. The summed E-state index contributed by atoms with van der Waals surface area (Å²) in [5, 5.41) is 14.2. The maximum atomic E-state index is 11.7. The molecule has 4 nitrogen and oxygen atoms in total. The van der Waals surface area contributed by atoms with Crippen molar-refractivity contribution in [2.24, 2.45) is 17.3 Å². The summed E-state index contributed by atoms with van der Waals surface area (Å²) in [4.78, 5) is 16.9. The molecule has 0 saturated carbocycles. The normalized spacial score (nSPS) is 12.4. The fourth-order valence-electron chi connectivity index (χ4n) is 7.95. The van der Waals surface area contributed by atoms with Crippen molar-refractivity contribution in [2.75, 3.05) is 0 Å². The van der Waals surface area contributed by atoms with Gasteiger partial charge in [-0.2, -0.15) is 0 Å². The monoisotopic (exact) mass is 929 g/mol. The molecule has 1 radical (unpaired) electrons. The van der Waals surface area contributed by atoms with E-state index in [9.17, 15) is 9.90 Å². The number of ketones is 1. The van der Waals surface area contributed by atoms with Gasteiger partial charge in [0.2, 0.25) is 0 Å². The fourth-order valence-corrected chi connectivity index (χ4v) is 7.95. The van der Waals surface area contributed by atoms with Crippen molar-refractivity contribution in [3.63, 3.8) is 0 Å². The number of rotatable bonds is 10. The van der Waals surface area contributed by atoms with E-state index in [0.717, 1.165) is 76.4 Å².